The molecule has 74 valence electrons. The molecule has 1 heterocycles. The molecular weight excluding hydrogens is 178 g/mol. The van der Waals surface area contributed by atoms with Crippen LogP contribution in [0.3, 0.4) is 0 Å². The van der Waals surface area contributed by atoms with Gasteiger partial charge in [0.15, 0.2) is 0 Å². The minimum atomic E-state index is -0.0990. The van der Waals surface area contributed by atoms with Gasteiger partial charge in [-0.1, -0.05) is 0 Å². The van der Waals surface area contributed by atoms with E-state index in [1.807, 2.05) is 0 Å². The van der Waals surface area contributed by atoms with Crippen LogP contribution in [0.5, 0.6) is 0 Å². The molecule has 0 bridgehead atoms. The van der Waals surface area contributed by atoms with Gasteiger partial charge in [-0.2, -0.15) is 0 Å². The van der Waals surface area contributed by atoms with Crippen molar-refractivity contribution in [1.29, 1.82) is 0 Å². The molecule has 0 aromatic carbocycles. The number of aliphatic hydroxyl groups is 1. The number of ether oxygens (including phenoxy) is 1. The van der Waals surface area contributed by atoms with Crippen LogP contribution in [-0.4, -0.2) is 30.5 Å². The molecule has 1 fully saturated rings. The van der Waals surface area contributed by atoms with Crippen LogP contribution in [-0.2, 0) is 4.74 Å². The molecule has 12 heavy (non-hydrogen) atoms. The molecule has 4 heteroatoms. The molecule has 0 aliphatic carbocycles. The second-order valence-corrected chi connectivity index (χ2v) is 3.17. The monoisotopic (exact) mass is 195 g/mol. The third-order valence-electron chi connectivity index (χ3n) is 2.07. The Morgan fingerprint density at radius 1 is 1.50 bits per heavy atom. The average Bonchev–Trinajstić information content (AvgIpc) is 2.06. The van der Waals surface area contributed by atoms with Crippen LogP contribution in [0.4, 0.5) is 0 Å². The van der Waals surface area contributed by atoms with E-state index in [1.165, 1.54) is 12.8 Å². The van der Waals surface area contributed by atoms with Crippen LogP contribution >= 0.6 is 12.4 Å². The molecular formula is C8H18ClNO2. The summed E-state index contributed by atoms with van der Waals surface area (Å²) in [5.41, 5.74) is 5.57. The standard InChI is InChI=1S/C8H17NO2.ClH/c9-7(6-10)5-8-3-1-2-4-11-8;/h7-8,10H,1-6,9H2;1H. The lowest BCUT2D eigenvalue weighted by molar-refractivity contribution is 0.00418. The number of rotatable bonds is 3. The summed E-state index contributed by atoms with van der Waals surface area (Å²) in [6.45, 7) is 0.933. The lowest BCUT2D eigenvalue weighted by Gasteiger charge is -2.24. The maximum absolute atomic E-state index is 8.68. The van der Waals surface area contributed by atoms with Gasteiger partial charge in [-0.25, -0.2) is 0 Å². The Labute approximate surface area is 79.7 Å². The Morgan fingerprint density at radius 2 is 2.25 bits per heavy atom. The molecule has 1 saturated heterocycles. The van der Waals surface area contributed by atoms with Crippen molar-refractivity contribution in [2.75, 3.05) is 13.2 Å². The second-order valence-electron chi connectivity index (χ2n) is 3.17. The second kappa shape index (κ2) is 6.66. The Hall–Kier alpha value is 0.170. The fourth-order valence-corrected chi connectivity index (χ4v) is 1.41. The largest absolute Gasteiger partial charge is 0.395 e. The first-order chi connectivity index (χ1) is 5.33. The number of halogens is 1. The zero-order valence-electron chi connectivity index (χ0n) is 7.24. The normalized spacial score (nSPS) is 26.0. The smallest absolute Gasteiger partial charge is 0.0590 e. The Balaban J connectivity index is 0.00000121. The van der Waals surface area contributed by atoms with E-state index in [0.717, 1.165) is 19.4 Å². The van der Waals surface area contributed by atoms with E-state index in [4.69, 9.17) is 15.6 Å². The summed E-state index contributed by atoms with van der Waals surface area (Å²) in [4.78, 5) is 0. The fraction of sp³-hybridized carbons (Fsp3) is 1.00. The van der Waals surface area contributed by atoms with Gasteiger partial charge in [-0.15, -0.1) is 12.4 Å². The summed E-state index contributed by atoms with van der Waals surface area (Å²) in [6, 6.07) is -0.0990. The van der Waals surface area contributed by atoms with E-state index in [1.54, 1.807) is 0 Å². The highest BCUT2D eigenvalue weighted by Crippen LogP contribution is 2.16. The molecule has 1 aliphatic rings. The highest BCUT2D eigenvalue weighted by Gasteiger charge is 2.16. The van der Waals surface area contributed by atoms with E-state index >= 15 is 0 Å². The summed E-state index contributed by atoms with van der Waals surface area (Å²) < 4.78 is 5.46. The van der Waals surface area contributed by atoms with Crippen LogP contribution in [0.1, 0.15) is 25.7 Å². The lowest BCUT2D eigenvalue weighted by Crippen LogP contribution is -2.32. The summed E-state index contributed by atoms with van der Waals surface area (Å²) in [5.74, 6) is 0. The summed E-state index contributed by atoms with van der Waals surface area (Å²) >= 11 is 0. The highest BCUT2D eigenvalue weighted by molar-refractivity contribution is 5.85. The van der Waals surface area contributed by atoms with E-state index in [-0.39, 0.29) is 25.1 Å². The maximum Gasteiger partial charge on any atom is 0.0590 e. The van der Waals surface area contributed by atoms with Crippen LogP contribution < -0.4 is 5.73 Å². The van der Waals surface area contributed by atoms with Crippen LogP contribution in [0.15, 0.2) is 0 Å². The van der Waals surface area contributed by atoms with Crippen LogP contribution in [0.25, 0.3) is 0 Å². The average molecular weight is 196 g/mol. The van der Waals surface area contributed by atoms with Crippen molar-refractivity contribution in [3.05, 3.63) is 0 Å². The maximum atomic E-state index is 8.68. The van der Waals surface area contributed by atoms with E-state index in [0.29, 0.717) is 6.10 Å². The van der Waals surface area contributed by atoms with E-state index in [9.17, 15) is 0 Å². The molecule has 3 nitrogen and oxygen atoms in total. The highest BCUT2D eigenvalue weighted by atomic mass is 35.5. The zero-order valence-corrected chi connectivity index (χ0v) is 8.05. The van der Waals surface area contributed by atoms with Gasteiger partial charge in [0.2, 0.25) is 0 Å². The third kappa shape index (κ3) is 4.26. The molecule has 0 spiro atoms. The molecule has 1 aliphatic heterocycles. The molecule has 3 N–H and O–H groups in total. The molecule has 2 atom stereocenters. The molecule has 0 saturated carbocycles. The molecule has 0 radical (unpaired) electrons. The molecule has 0 amide bonds. The number of aliphatic hydroxyl groups excluding tert-OH is 1. The predicted molar refractivity (Wildman–Crippen MR) is 50.5 cm³/mol. The summed E-state index contributed by atoms with van der Waals surface area (Å²) in [6.07, 6.45) is 4.61. The summed E-state index contributed by atoms with van der Waals surface area (Å²) in [5, 5.41) is 8.68. The van der Waals surface area contributed by atoms with Crippen LogP contribution in [0, 0.1) is 0 Å². The zero-order chi connectivity index (χ0) is 8.10. The van der Waals surface area contributed by atoms with Gasteiger partial charge in [-0.3, -0.25) is 0 Å². The van der Waals surface area contributed by atoms with Gasteiger partial charge in [-0.05, 0) is 25.7 Å². The van der Waals surface area contributed by atoms with Crippen LogP contribution in [0.2, 0.25) is 0 Å². The SMILES string of the molecule is Cl.NC(CO)CC1CCCCO1. The third-order valence-corrected chi connectivity index (χ3v) is 2.07. The van der Waals surface area contributed by atoms with Crippen molar-refractivity contribution < 1.29 is 9.84 Å². The topological polar surface area (TPSA) is 55.5 Å². The molecule has 1 rings (SSSR count). The number of hydrogen-bond acceptors (Lipinski definition) is 3. The van der Waals surface area contributed by atoms with Crippen molar-refractivity contribution in [2.45, 2.75) is 37.8 Å². The fourth-order valence-electron chi connectivity index (χ4n) is 1.41. The van der Waals surface area contributed by atoms with E-state index in [2.05, 4.69) is 0 Å². The van der Waals surface area contributed by atoms with Crippen molar-refractivity contribution in [3.63, 3.8) is 0 Å². The van der Waals surface area contributed by atoms with Crippen molar-refractivity contribution in [2.24, 2.45) is 5.73 Å². The lowest BCUT2D eigenvalue weighted by atomic mass is 10.0. The quantitative estimate of drug-likeness (QED) is 0.697. The first kappa shape index (κ1) is 12.2. The van der Waals surface area contributed by atoms with Gasteiger partial charge >= 0.3 is 0 Å². The Morgan fingerprint density at radius 3 is 2.75 bits per heavy atom. The minimum absolute atomic E-state index is 0. The van der Waals surface area contributed by atoms with Gasteiger partial charge in [0, 0.05) is 12.6 Å². The Bertz CT molecular complexity index is 107. The summed E-state index contributed by atoms with van der Waals surface area (Å²) in [7, 11) is 0. The van der Waals surface area contributed by atoms with Crippen molar-refractivity contribution in [1.82, 2.24) is 0 Å². The van der Waals surface area contributed by atoms with Gasteiger partial charge in [0.25, 0.3) is 0 Å². The van der Waals surface area contributed by atoms with E-state index < -0.39 is 0 Å². The number of hydrogen-bond donors (Lipinski definition) is 2. The van der Waals surface area contributed by atoms with Crippen molar-refractivity contribution >= 4 is 12.4 Å². The minimum Gasteiger partial charge on any atom is -0.395 e. The molecule has 0 aromatic heterocycles. The van der Waals surface area contributed by atoms with Gasteiger partial charge in [0.05, 0.1) is 12.7 Å². The molecule has 0 aromatic rings. The number of nitrogens with two attached hydrogens (primary N) is 1. The first-order valence-electron chi connectivity index (χ1n) is 4.31. The Kier molecular flexibility index (Phi) is 6.76. The first-order valence-corrected chi connectivity index (χ1v) is 4.31. The van der Waals surface area contributed by atoms with Crippen molar-refractivity contribution in [3.8, 4) is 0 Å². The van der Waals surface area contributed by atoms with Gasteiger partial charge in [0.1, 0.15) is 0 Å². The van der Waals surface area contributed by atoms with Gasteiger partial charge < -0.3 is 15.6 Å². The molecule has 2 unspecified atom stereocenters. The predicted octanol–water partition coefficient (Wildman–Crippen LogP) is 0.687.